The van der Waals surface area contributed by atoms with E-state index in [4.69, 9.17) is 11.6 Å². The van der Waals surface area contributed by atoms with Crippen LogP contribution in [0.5, 0.6) is 0 Å². The summed E-state index contributed by atoms with van der Waals surface area (Å²) in [6.07, 6.45) is 0. The lowest BCUT2D eigenvalue weighted by Gasteiger charge is -1.91. The standard InChI is InChI=1S/C8H6ClFN2S/c1-11-8-12-6-2-4(9)5(10)3-7(6)13-8/h2-3H,1H3,(H,11,12). The molecule has 2 rings (SSSR count). The van der Waals surface area contributed by atoms with Crippen LogP contribution in [0.15, 0.2) is 12.1 Å². The van der Waals surface area contributed by atoms with Crippen LogP contribution in [0.4, 0.5) is 9.52 Å². The Hall–Kier alpha value is -0.870. The van der Waals surface area contributed by atoms with Crippen LogP contribution in [0, 0.1) is 5.82 Å². The first-order chi connectivity index (χ1) is 6.20. The van der Waals surface area contributed by atoms with Crippen LogP contribution in [0.25, 0.3) is 10.2 Å². The second-order valence-electron chi connectivity index (χ2n) is 2.50. The van der Waals surface area contributed by atoms with Crippen LogP contribution >= 0.6 is 22.9 Å². The van der Waals surface area contributed by atoms with Crippen molar-refractivity contribution in [1.82, 2.24) is 4.98 Å². The molecule has 1 aromatic carbocycles. The second kappa shape index (κ2) is 3.12. The molecule has 0 aliphatic heterocycles. The number of rotatable bonds is 1. The smallest absolute Gasteiger partial charge is 0.183 e. The van der Waals surface area contributed by atoms with Gasteiger partial charge in [-0.2, -0.15) is 0 Å². The molecule has 68 valence electrons. The van der Waals surface area contributed by atoms with Gasteiger partial charge in [0.2, 0.25) is 0 Å². The third-order valence-electron chi connectivity index (χ3n) is 1.64. The fourth-order valence-electron chi connectivity index (χ4n) is 1.03. The molecule has 0 aliphatic rings. The highest BCUT2D eigenvalue weighted by Crippen LogP contribution is 2.29. The minimum Gasteiger partial charge on any atom is -0.365 e. The first-order valence-corrected chi connectivity index (χ1v) is 4.83. The summed E-state index contributed by atoms with van der Waals surface area (Å²) in [6, 6.07) is 2.93. The van der Waals surface area contributed by atoms with Crippen LogP contribution < -0.4 is 5.32 Å². The summed E-state index contributed by atoms with van der Waals surface area (Å²) in [5.74, 6) is -0.402. The fourth-order valence-corrected chi connectivity index (χ4v) is 2.01. The minimum atomic E-state index is -0.402. The summed E-state index contributed by atoms with van der Waals surface area (Å²) in [7, 11) is 1.77. The molecule has 0 saturated heterocycles. The predicted molar refractivity (Wildman–Crippen MR) is 54.1 cm³/mol. The molecular formula is C8H6ClFN2S. The van der Waals surface area contributed by atoms with Crippen molar-refractivity contribution in [3.05, 3.63) is 23.0 Å². The first-order valence-electron chi connectivity index (χ1n) is 3.64. The molecule has 0 unspecified atom stereocenters. The molecule has 1 N–H and O–H groups in total. The maximum absolute atomic E-state index is 13.0. The number of aromatic nitrogens is 1. The Morgan fingerprint density at radius 1 is 1.54 bits per heavy atom. The van der Waals surface area contributed by atoms with Gasteiger partial charge in [-0.25, -0.2) is 9.37 Å². The third kappa shape index (κ3) is 1.47. The van der Waals surface area contributed by atoms with E-state index in [1.807, 2.05) is 0 Å². The molecule has 1 heterocycles. The van der Waals surface area contributed by atoms with Gasteiger partial charge >= 0.3 is 0 Å². The Bertz CT molecular complexity index is 416. The zero-order valence-electron chi connectivity index (χ0n) is 6.77. The summed E-state index contributed by atoms with van der Waals surface area (Å²) >= 11 is 7.01. The van der Waals surface area contributed by atoms with Gasteiger partial charge in [0.15, 0.2) is 5.13 Å². The van der Waals surface area contributed by atoms with Gasteiger partial charge < -0.3 is 5.32 Å². The molecule has 0 spiro atoms. The van der Waals surface area contributed by atoms with E-state index < -0.39 is 5.82 Å². The summed E-state index contributed by atoms with van der Waals surface area (Å²) in [4.78, 5) is 4.19. The number of anilines is 1. The molecule has 0 saturated carbocycles. The SMILES string of the molecule is CNc1nc2cc(Cl)c(F)cc2s1. The van der Waals surface area contributed by atoms with Crippen molar-refractivity contribution < 1.29 is 4.39 Å². The number of nitrogens with one attached hydrogen (secondary N) is 1. The van der Waals surface area contributed by atoms with E-state index in [0.717, 1.165) is 15.3 Å². The first kappa shape index (κ1) is 8.72. The molecule has 0 aliphatic carbocycles. The molecule has 2 nitrogen and oxygen atoms in total. The molecule has 0 bridgehead atoms. The predicted octanol–water partition coefficient (Wildman–Crippen LogP) is 3.13. The van der Waals surface area contributed by atoms with Crippen molar-refractivity contribution in [1.29, 1.82) is 0 Å². The highest BCUT2D eigenvalue weighted by Gasteiger charge is 2.06. The van der Waals surface area contributed by atoms with Crippen molar-refractivity contribution in [3.63, 3.8) is 0 Å². The van der Waals surface area contributed by atoms with E-state index in [1.165, 1.54) is 23.5 Å². The van der Waals surface area contributed by atoms with Gasteiger partial charge in [-0.3, -0.25) is 0 Å². The summed E-state index contributed by atoms with van der Waals surface area (Å²) in [5.41, 5.74) is 0.723. The van der Waals surface area contributed by atoms with Crippen molar-refractivity contribution in [3.8, 4) is 0 Å². The minimum absolute atomic E-state index is 0.112. The molecule has 5 heteroatoms. The average Bonchev–Trinajstić information content (AvgIpc) is 2.48. The quantitative estimate of drug-likeness (QED) is 0.792. The lowest BCUT2D eigenvalue weighted by atomic mass is 10.3. The van der Waals surface area contributed by atoms with Crippen LogP contribution in [0.1, 0.15) is 0 Å². The molecule has 0 amide bonds. The van der Waals surface area contributed by atoms with E-state index in [1.54, 1.807) is 7.05 Å². The van der Waals surface area contributed by atoms with Crippen molar-refractivity contribution in [2.75, 3.05) is 12.4 Å². The molecule has 0 atom stereocenters. The van der Waals surface area contributed by atoms with E-state index >= 15 is 0 Å². The number of benzene rings is 1. The second-order valence-corrected chi connectivity index (χ2v) is 3.94. The maximum Gasteiger partial charge on any atom is 0.183 e. The number of halogens is 2. The molecule has 2 aromatic rings. The van der Waals surface area contributed by atoms with Crippen LogP contribution in [0.2, 0.25) is 5.02 Å². The highest BCUT2D eigenvalue weighted by atomic mass is 35.5. The average molecular weight is 217 g/mol. The number of fused-ring (bicyclic) bond motifs is 1. The number of hydrogen-bond donors (Lipinski definition) is 1. The summed E-state index contributed by atoms with van der Waals surface area (Å²) in [5, 5.41) is 3.77. The van der Waals surface area contributed by atoms with Gasteiger partial charge in [0.05, 0.1) is 15.2 Å². The number of thiazole rings is 1. The zero-order chi connectivity index (χ0) is 9.42. The van der Waals surface area contributed by atoms with Crippen molar-refractivity contribution in [2.45, 2.75) is 0 Å². The Kier molecular flexibility index (Phi) is 2.09. The number of hydrogen-bond acceptors (Lipinski definition) is 3. The molecule has 0 fully saturated rings. The Morgan fingerprint density at radius 3 is 3.00 bits per heavy atom. The van der Waals surface area contributed by atoms with Crippen molar-refractivity contribution in [2.24, 2.45) is 0 Å². The van der Waals surface area contributed by atoms with E-state index in [-0.39, 0.29) is 5.02 Å². The lowest BCUT2D eigenvalue weighted by molar-refractivity contribution is 0.630. The normalized spacial score (nSPS) is 10.7. The monoisotopic (exact) mass is 216 g/mol. The van der Waals surface area contributed by atoms with Crippen molar-refractivity contribution >= 4 is 38.3 Å². The van der Waals surface area contributed by atoms with Crippen LogP contribution in [0.3, 0.4) is 0 Å². The summed E-state index contributed by atoms with van der Waals surface area (Å²) < 4.78 is 13.8. The van der Waals surface area contributed by atoms with Gasteiger partial charge in [0, 0.05) is 7.05 Å². The zero-order valence-corrected chi connectivity index (χ0v) is 8.34. The topological polar surface area (TPSA) is 24.9 Å². The highest BCUT2D eigenvalue weighted by molar-refractivity contribution is 7.22. The molecule has 0 radical (unpaired) electrons. The fraction of sp³-hybridized carbons (Fsp3) is 0.125. The Balaban J connectivity index is 2.70. The van der Waals surface area contributed by atoms with Gasteiger partial charge in [-0.1, -0.05) is 22.9 Å². The van der Waals surface area contributed by atoms with E-state index in [9.17, 15) is 4.39 Å². The molecule has 1 aromatic heterocycles. The lowest BCUT2D eigenvalue weighted by Crippen LogP contribution is -1.84. The Morgan fingerprint density at radius 2 is 2.31 bits per heavy atom. The summed E-state index contributed by atoms with van der Waals surface area (Å²) in [6.45, 7) is 0. The largest absolute Gasteiger partial charge is 0.365 e. The Labute approximate surface area is 83.4 Å². The maximum atomic E-state index is 13.0. The van der Waals surface area contributed by atoms with Gasteiger partial charge in [-0.15, -0.1) is 0 Å². The van der Waals surface area contributed by atoms with E-state index in [2.05, 4.69) is 10.3 Å². The van der Waals surface area contributed by atoms with Crippen LogP contribution in [-0.2, 0) is 0 Å². The molecular weight excluding hydrogens is 211 g/mol. The molecule has 13 heavy (non-hydrogen) atoms. The number of nitrogens with zero attached hydrogens (tertiary/aromatic N) is 1. The van der Waals surface area contributed by atoms with Gasteiger partial charge in [0.1, 0.15) is 5.82 Å². The van der Waals surface area contributed by atoms with Gasteiger partial charge in [-0.05, 0) is 12.1 Å². The van der Waals surface area contributed by atoms with Gasteiger partial charge in [0.25, 0.3) is 0 Å². The third-order valence-corrected chi connectivity index (χ3v) is 2.97. The van der Waals surface area contributed by atoms with Crippen LogP contribution in [-0.4, -0.2) is 12.0 Å². The van der Waals surface area contributed by atoms with E-state index in [0.29, 0.717) is 0 Å².